The Balaban J connectivity index is 1.67. The predicted octanol–water partition coefficient (Wildman–Crippen LogP) is 2.17. The highest BCUT2D eigenvalue weighted by molar-refractivity contribution is 5.42. The molecule has 1 aliphatic heterocycles. The van der Waals surface area contributed by atoms with Gasteiger partial charge in [-0.3, -0.25) is 0 Å². The molecule has 7 heteroatoms. The van der Waals surface area contributed by atoms with Gasteiger partial charge in [-0.2, -0.15) is 4.98 Å². The largest absolute Gasteiger partial charge is 0.378 e. The molecule has 25 heavy (non-hydrogen) atoms. The van der Waals surface area contributed by atoms with Crippen molar-refractivity contribution in [3.63, 3.8) is 0 Å². The first kappa shape index (κ1) is 17.6. The van der Waals surface area contributed by atoms with Crippen molar-refractivity contribution in [2.24, 2.45) is 0 Å². The van der Waals surface area contributed by atoms with Crippen LogP contribution in [0.15, 0.2) is 36.5 Å². The fraction of sp³-hybridized carbons (Fsp3) is 0.444. The first-order chi connectivity index (χ1) is 12.1. The number of hydrogen-bond acceptors (Lipinski definition) is 6. The van der Waals surface area contributed by atoms with Crippen LogP contribution in [0.1, 0.15) is 11.6 Å². The topological polar surface area (TPSA) is 53.5 Å². The summed E-state index contributed by atoms with van der Waals surface area (Å²) < 4.78 is 18.5. The van der Waals surface area contributed by atoms with E-state index in [4.69, 9.17) is 4.74 Å². The highest BCUT2D eigenvalue weighted by Crippen LogP contribution is 2.20. The SMILES string of the molecule is CN(C)[C@@H](CNc1ccnc(N2CCOCC2)n1)c1ccc(F)cc1. The van der Waals surface area contributed by atoms with Crippen LogP contribution in [0, 0.1) is 5.82 Å². The van der Waals surface area contributed by atoms with Gasteiger partial charge >= 0.3 is 0 Å². The van der Waals surface area contributed by atoms with E-state index in [1.165, 1.54) is 12.1 Å². The van der Waals surface area contributed by atoms with Gasteiger partial charge in [-0.05, 0) is 37.9 Å². The third-order valence-corrected chi connectivity index (χ3v) is 4.29. The molecule has 1 aromatic heterocycles. The van der Waals surface area contributed by atoms with Crippen molar-refractivity contribution < 1.29 is 9.13 Å². The van der Waals surface area contributed by atoms with Crippen molar-refractivity contribution in [1.29, 1.82) is 0 Å². The molecule has 0 aliphatic carbocycles. The third-order valence-electron chi connectivity index (χ3n) is 4.29. The number of nitrogens with zero attached hydrogens (tertiary/aromatic N) is 4. The molecule has 0 spiro atoms. The number of aromatic nitrogens is 2. The summed E-state index contributed by atoms with van der Waals surface area (Å²) in [6, 6.07) is 8.60. The summed E-state index contributed by atoms with van der Waals surface area (Å²) in [7, 11) is 4.02. The van der Waals surface area contributed by atoms with Crippen LogP contribution in [-0.4, -0.2) is 61.8 Å². The Labute approximate surface area is 147 Å². The molecule has 134 valence electrons. The van der Waals surface area contributed by atoms with Gasteiger partial charge in [-0.25, -0.2) is 9.37 Å². The quantitative estimate of drug-likeness (QED) is 0.866. The Morgan fingerprint density at radius 1 is 1.20 bits per heavy atom. The molecule has 0 radical (unpaired) electrons. The number of hydrogen-bond donors (Lipinski definition) is 1. The van der Waals surface area contributed by atoms with Gasteiger partial charge in [-0.15, -0.1) is 0 Å². The van der Waals surface area contributed by atoms with Gasteiger partial charge in [0.05, 0.1) is 19.3 Å². The number of halogens is 1. The van der Waals surface area contributed by atoms with Crippen molar-refractivity contribution >= 4 is 11.8 Å². The first-order valence-corrected chi connectivity index (χ1v) is 8.45. The van der Waals surface area contributed by atoms with E-state index in [1.807, 2.05) is 32.3 Å². The third kappa shape index (κ3) is 4.64. The summed E-state index contributed by atoms with van der Waals surface area (Å²) in [6.07, 6.45) is 1.77. The van der Waals surface area contributed by atoms with Crippen molar-refractivity contribution in [2.75, 3.05) is 57.2 Å². The fourth-order valence-corrected chi connectivity index (χ4v) is 2.85. The molecule has 0 unspecified atom stereocenters. The summed E-state index contributed by atoms with van der Waals surface area (Å²) in [4.78, 5) is 13.2. The normalized spacial score (nSPS) is 16.1. The lowest BCUT2D eigenvalue weighted by Crippen LogP contribution is -2.37. The van der Waals surface area contributed by atoms with Crippen LogP contribution in [0.3, 0.4) is 0 Å². The fourth-order valence-electron chi connectivity index (χ4n) is 2.85. The molecule has 2 heterocycles. The van der Waals surface area contributed by atoms with Crippen molar-refractivity contribution in [3.05, 3.63) is 47.9 Å². The van der Waals surface area contributed by atoms with Gasteiger partial charge in [0.1, 0.15) is 11.6 Å². The standard InChI is InChI=1S/C18H24FN5O/c1-23(2)16(14-3-5-15(19)6-4-14)13-21-17-7-8-20-18(22-17)24-9-11-25-12-10-24/h3-8,16H,9-13H2,1-2H3,(H,20,21,22)/t16-/m0/s1. The lowest BCUT2D eigenvalue weighted by Gasteiger charge is -2.27. The van der Waals surface area contributed by atoms with Gasteiger partial charge in [0, 0.05) is 25.8 Å². The Morgan fingerprint density at radius 2 is 1.92 bits per heavy atom. The van der Waals surface area contributed by atoms with E-state index >= 15 is 0 Å². The predicted molar refractivity (Wildman–Crippen MR) is 96.4 cm³/mol. The number of benzene rings is 1. The second kappa shape index (κ2) is 8.22. The second-order valence-corrected chi connectivity index (χ2v) is 6.25. The second-order valence-electron chi connectivity index (χ2n) is 6.25. The van der Waals surface area contributed by atoms with Crippen LogP contribution < -0.4 is 10.2 Å². The smallest absolute Gasteiger partial charge is 0.227 e. The zero-order valence-electron chi connectivity index (χ0n) is 14.7. The molecule has 2 aromatic rings. The summed E-state index contributed by atoms with van der Waals surface area (Å²) in [6.45, 7) is 3.68. The Morgan fingerprint density at radius 3 is 2.60 bits per heavy atom. The molecule has 0 saturated carbocycles. The van der Waals surface area contributed by atoms with E-state index in [0.717, 1.165) is 30.4 Å². The Kier molecular flexibility index (Phi) is 5.78. The highest BCUT2D eigenvalue weighted by Gasteiger charge is 2.16. The number of likely N-dealkylation sites (N-methyl/N-ethyl adjacent to an activating group) is 1. The lowest BCUT2D eigenvalue weighted by molar-refractivity contribution is 0.122. The lowest BCUT2D eigenvalue weighted by atomic mass is 10.1. The van der Waals surface area contributed by atoms with Crippen molar-refractivity contribution in [3.8, 4) is 0 Å². The van der Waals surface area contributed by atoms with Crippen LogP contribution in [0.2, 0.25) is 0 Å². The average Bonchev–Trinajstić information content (AvgIpc) is 2.64. The van der Waals surface area contributed by atoms with Crippen molar-refractivity contribution in [1.82, 2.24) is 14.9 Å². The summed E-state index contributed by atoms with van der Waals surface area (Å²) >= 11 is 0. The van der Waals surface area contributed by atoms with Crippen LogP contribution in [-0.2, 0) is 4.74 Å². The zero-order chi connectivity index (χ0) is 17.6. The van der Waals surface area contributed by atoms with E-state index in [1.54, 1.807) is 6.20 Å². The maximum Gasteiger partial charge on any atom is 0.227 e. The molecule has 0 bridgehead atoms. The van der Waals surface area contributed by atoms with Crippen molar-refractivity contribution in [2.45, 2.75) is 6.04 Å². The minimum atomic E-state index is -0.222. The molecule has 1 saturated heterocycles. The zero-order valence-corrected chi connectivity index (χ0v) is 14.7. The van der Waals surface area contributed by atoms with E-state index < -0.39 is 0 Å². The summed E-state index contributed by atoms with van der Waals surface area (Å²) in [5.41, 5.74) is 1.06. The van der Waals surface area contributed by atoms with Crippen LogP contribution >= 0.6 is 0 Å². The monoisotopic (exact) mass is 345 g/mol. The number of ether oxygens (including phenoxy) is 1. The molecular formula is C18H24FN5O. The molecule has 3 rings (SSSR count). The molecular weight excluding hydrogens is 321 g/mol. The van der Waals surface area contributed by atoms with Crippen LogP contribution in [0.4, 0.5) is 16.2 Å². The Bertz CT molecular complexity index is 673. The van der Waals surface area contributed by atoms with Gasteiger partial charge in [-0.1, -0.05) is 12.1 Å². The first-order valence-electron chi connectivity index (χ1n) is 8.45. The Hall–Kier alpha value is -2.25. The highest BCUT2D eigenvalue weighted by atomic mass is 19.1. The maximum atomic E-state index is 13.2. The maximum absolute atomic E-state index is 13.2. The molecule has 0 amide bonds. The summed E-state index contributed by atoms with van der Waals surface area (Å²) in [5.74, 6) is 1.28. The van der Waals surface area contributed by atoms with Gasteiger partial charge in [0.25, 0.3) is 0 Å². The molecule has 1 fully saturated rings. The van der Waals surface area contributed by atoms with Gasteiger partial charge in [0.15, 0.2) is 0 Å². The average molecular weight is 345 g/mol. The minimum absolute atomic E-state index is 0.113. The summed E-state index contributed by atoms with van der Waals surface area (Å²) in [5, 5.41) is 3.37. The van der Waals surface area contributed by atoms with E-state index in [9.17, 15) is 4.39 Å². The van der Waals surface area contributed by atoms with Crippen LogP contribution in [0.5, 0.6) is 0 Å². The molecule has 1 aromatic carbocycles. The molecule has 6 nitrogen and oxygen atoms in total. The van der Waals surface area contributed by atoms with E-state index in [2.05, 4.69) is 25.1 Å². The number of morpholine rings is 1. The van der Waals surface area contributed by atoms with Gasteiger partial charge in [0.2, 0.25) is 5.95 Å². The van der Waals surface area contributed by atoms with E-state index in [0.29, 0.717) is 19.8 Å². The molecule has 1 aliphatic rings. The molecule has 1 N–H and O–H groups in total. The number of rotatable bonds is 6. The van der Waals surface area contributed by atoms with Crippen LogP contribution in [0.25, 0.3) is 0 Å². The van der Waals surface area contributed by atoms with Gasteiger partial charge < -0.3 is 19.9 Å². The minimum Gasteiger partial charge on any atom is -0.378 e. The number of anilines is 2. The van der Waals surface area contributed by atoms with E-state index in [-0.39, 0.29) is 11.9 Å². The molecule has 1 atom stereocenters. The number of nitrogens with one attached hydrogen (secondary N) is 1.